The molecule has 1 aliphatic rings. The molecular weight excluding hydrogens is 224 g/mol. The smallest absolute Gasteiger partial charge is 0.234 e. The summed E-state index contributed by atoms with van der Waals surface area (Å²) in [6.45, 7) is 0. The van der Waals surface area contributed by atoms with E-state index in [-0.39, 0.29) is 5.91 Å². The Kier molecular flexibility index (Phi) is 4.76. The molecule has 2 rings (SSSR count). The van der Waals surface area contributed by atoms with Crippen LogP contribution >= 0.6 is 0 Å². The highest BCUT2D eigenvalue weighted by Gasteiger charge is 2.22. The van der Waals surface area contributed by atoms with Crippen molar-refractivity contribution in [1.82, 2.24) is 5.43 Å². The fourth-order valence-corrected chi connectivity index (χ4v) is 2.91. The van der Waals surface area contributed by atoms with E-state index in [1.165, 1.54) is 24.8 Å². The summed E-state index contributed by atoms with van der Waals surface area (Å²) < 4.78 is 0. The molecule has 0 radical (unpaired) electrons. The largest absolute Gasteiger partial charge is 0.294 e. The van der Waals surface area contributed by atoms with Gasteiger partial charge in [-0.3, -0.25) is 10.2 Å². The van der Waals surface area contributed by atoms with Gasteiger partial charge in [0.05, 0.1) is 0 Å². The van der Waals surface area contributed by atoms with Crippen LogP contribution in [0.15, 0.2) is 30.3 Å². The molecule has 0 bridgehead atoms. The van der Waals surface area contributed by atoms with Crippen molar-refractivity contribution in [3.8, 4) is 0 Å². The van der Waals surface area contributed by atoms with Gasteiger partial charge >= 0.3 is 0 Å². The Morgan fingerprint density at radius 2 is 1.72 bits per heavy atom. The second kappa shape index (κ2) is 6.55. The van der Waals surface area contributed by atoms with Crippen molar-refractivity contribution in [3.63, 3.8) is 0 Å². The Morgan fingerprint density at radius 3 is 2.33 bits per heavy atom. The van der Waals surface area contributed by atoms with E-state index in [0.29, 0.717) is 12.3 Å². The Balaban J connectivity index is 1.75. The van der Waals surface area contributed by atoms with Gasteiger partial charge in [0.25, 0.3) is 0 Å². The van der Waals surface area contributed by atoms with Gasteiger partial charge in [-0.15, -0.1) is 0 Å². The molecule has 0 spiro atoms. The fraction of sp³-hybridized carbons (Fsp3) is 0.533. The van der Waals surface area contributed by atoms with Crippen LogP contribution in [0.2, 0.25) is 0 Å². The molecule has 3 nitrogen and oxygen atoms in total. The van der Waals surface area contributed by atoms with E-state index in [2.05, 4.69) is 35.8 Å². The van der Waals surface area contributed by atoms with E-state index in [0.717, 1.165) is 18.8 Å². The zero-order valence-corrected chi connectivity index (χ0v) is 10.8. The molecule has 1 amide bonds. The third-order valence-corrected chi connectivity index (χ3v) is 3.97. The third-order valence-electron chi connectivity index (χ3n) is 3.97. The number of amides is 1. The molecule has 1 aliphatic carbocycles. The molecule has 0 aromatic heterocycles. The van der Waals surface area contributed by atoms with Crippen molar-refractivity contribution in [3.05, 3.63) is 35.9 Å². The molecule has 0 unspecified atom stereocenters. The van der Waals surface area contributed by atoms with Crippen LogP contribution in [0.4, 0.5) is 0 Å². The van der Waals surface area contributed by atoms with Crippen molar-refractivity contribution in [2.75, 3.05) is 0 Å². The number of hydrogen-bond acceptors (Lipinski definition) is 2. The monoisotopic (exact) mass is 246 g/mol. The molecule has 98 valence electrons. The SMILES string of the molecule is NNC(=O)CC1CCC(Cc2ccccc2)CC1. The number of hydrazine groups is 1. The highest BCUT2D eigenvalue weighted by molar-refractivity contribution is 5.75. The predicted molar refractivity (Wildman–Crippen MR) is 72.5 cm³/mol. The number of nitrogens with one attached hydrogen (secondary N) is 1. The fourth-order valence-electron chi connectivity index (χ4n) is 2.91. The summed E-state index contributed by atoms with van der Waals surface area (Å²) in [5.41, 5.74) is 3.66. The first-order valence-electron chi connectivity index (χ1n) is 6.81. The van der Waals surface area contributed by atoms with Gasteiger partial charge < -0.3 is 0 Å². The van der Waals surface area contributed by atoms with Gasteiger partial charge in [0.2, 0.25) is 5.91 Å². The van der Waals surface area contributed by atoms with Crippen LogP contribution in [0.3, 0.4) is 0 Å². The second-order valence-electron chi connectivity index (χ2n) is 5.35. The zero-order chi connectivity index (χ0) is 12.8. The van der Waals surface area contributed by atoms with Crippen molar-refractivity contribution in [2.24, 2.45) is 17.7 Å². The summed E-state index contributed by atoms with van der Waals surface area (Å²) in [5, 5.41) is 0. The van der Waals surface area contributed by atoms with E-state index in [4.69, 9.17) is 5.84 Å². The van der Waals surface area contributed by atoms with Crippen LogP contribution < -0.4 is 11.3 Å². The maximum Gasteiger partial charge on any atom is 0.234 e. The number of benzene rings is 1. The summed E-state index contributed by atoms with van der Waals surface area (Å²) >= 11 is 0. The van der Waals surface area contributed by atoms with Crippen LogP contribution in [-0.4, -0.2) is 5.91 Å². The minimum absolute atomic E-state index is 0.0264. The Morgan fingerprint density at radius 1 is 1.11 bits per heavy atom. The zero-order valence-electron chi connectivity index (χ0n) is 10.8. The first-order chi connectivity index (χ1) is 8.78. The normalized spacial score (nSPS) is 23.6. The van der Waals surface area contributed by atoms with Crippen LogP contribution in [-0.2, 0) is 11.2 Å². The summed E-state index contributed by atoms with van der Waals surface area (Å²) in [4.78, 5) is 11.2. The molecule has 18 heavy (non-hydrogen) atoms. The Hall–Kier alpha value is -1.35. The van der Waals surface area contributed by atoms with Gasteiger partial charge in [-0.25, -0.2) is 5.84 Å². The number of rotatable bonds is 4. The molecule has 0 heterocycles. The van der Waals surface area contributed by atoms with Gasteiger partial charge in [0, 0.05) is 6.42 Å². The number of carbonyl (C=O) groups is 1. The lowest BCUT2D eigenvalue weighted by Crippen LogP contribution is -2.32. The van der Waals surface area contributed by atoms with Crippen molar-refractivity contribution >= 4 is 5.91 Å². The minimum Gasteiger partial charge on any atom is -0.294 e. The standard InChI is InChI=1S/C15H22N2O/c16-17-15(18)11-14-8-6-13(7-9-14)10-12-4-2-1-3-5-12/h1-5,13-14H,6-11,16H2,(H,17,18). The Bertz CT molecular complexity index is 369. The van der Waals surface area contributed by atoms with E-state index < -0.39 is 0 Å². The first-order valence-corrected chi connectivity index (χ1v) is 6.81. The van der Waals surface area contributed by atoms with Gasteiger partial charge in [0.15, 0.2) is 0 Å². The van der Waals surface area contributed by atoms with Gasteiger partial charge in [-0.1, -0.05) is 30.3 Å². The van der Waals surface area contributed by atoms with E-state index in [1.807, 2.05) is 0 Å². The molecule has 1 saturated carbocycles. The molecule has 3 heteroatoms. The lowest BCUT2D eigenvalue weighted by atomic mass is 9.78. The summed E-state index contributed by atoms with van der Waals surface area (Å²) in [7, 11) is 0. The highest BCUT2D eigenvalue weighted by Crippen LogP contribution is 2.32. The van der Waals surface area contributed by atoms with Gasteiger partial charge in [0.1, 0.15) is 0 Å². The second-order valence-corrected chi connectivity index (χ2v) is 5.35. The van der Waals surface area contributed by atoms with Crippen LogP contribution in [0.25, 0.3) is 0 Å². The van der Waals surface area contributed by atoms with E-state index >= 15 is 0 Å². The van der Waals surface area contributed by atoms with Crippen molar-refractivity contribution < 1.29 is 4.79 Å². The maximum atomic E-state index is 11.2. The van der Waals surface area contributed by atoms with Crippen LogP contribution in [0.1, 0.15) is 37.7 Å². The molecule has 3 N–H and O–H groups in total. The molecule has 0 aliphatic heterocycles. The van der Waals surface area contributed by atoms with E-state index in [1.54, 1.807) is 0 Å². The van der Waals surface area contributed by atoms with Gasteiger partial charge in [-0.05, 0) is 49.5 Å². The topological polar surface area (TPSA) is 55.1 Å². The molecule has 1 aromatic carbocycles. The number of carbonyl (C=O) groups excluding carboxylic acids is 1. The van der Waals surface area contributed by atoms with Crippen molar-refractivity contribution in [1.29, 1.82) is 0 Å². The number of hydrogen-bond donors (Lipinski definition) is 2. The summed E-state index contributed by atoms with van der Waals surface area (Å²) in [6.07, 6.45) is 6.55. The van der Waals surface area contributed by atoms with Crippen LogP contribution in [0.5, 0.6) is 0 Å². The summed E-state index contributed by atoms with van der Waals surface area (Å²) in [6, 6.07) is 10.7. The van der Waals surface area contributed by atoms with Gasteiger partial charge in [-0.2, -0.15) is 0 Å². The predicted octanol–water partition coefficient (Wildman–Crippen LogP) is 2.42. The average Bonchev–Trinajstić information content (AvgIpc) is 2.42. The molecule has 1 fully saturated rings. The lowest BCUT2D eigenvalue weighted by molar-refractivity contribution is -0.122. The highest BCUT2D eigenvalue weighted by atomic mass is 16.2. The molecule has 0 saturated heterocycles. The van der Waals surface area contributed by atoms with Crippen LogP contribution in [0, 0.1) is 11.8 Å². The quantitative estimate of drug-likeness (QED) is 0.487. The Labute approximate surface area is 109 Å². The first kappa shape index (κ1) is 13.1. The molecular formula is C15H22N2O. The number of nitrogens with two attached hydrogens (primary N) is 1. The maximum absolute atomic E-state index is 11.2. The van der Waals surface area contributed by atoms with E-state index in [9.17, 15) is 4.79 Å². The molecule has 0 atom stereocenters. The minimum atomic E-state index is -0.0264. The molecule has 1 aromatic rings. The lowest BCUT2D eigenvalue weighted by Gasteiger charge is -2.28. The third kappa shape index (κ3) is 3.84. The average molecular weight is 246 g/mol. The summed E-state index contributed by atoms with van der Waals surface area (Å²) in [5.74, 6) is 6.40. The van der Waals surface area contributed by atoms with Crippen molar-refractivity contribution in [2.45, 2.75) is 38.5 Å².